The number of nitrogens with zero attached hydrogens (tertiary/aromatic N) is 5. The SMILES string of the molecule is Cc1ccccc1CN1CCCN(C(=O)Cn2nnc3ccccc32)CC1. The molecule has 0 saturated carbocycles. The molecule has 1 aliphatic heterocycles. The Hall–Kier alpha value is -2.73. The van der Waals surface area contributed by atoms with Crippen LogP contribution in [-0.2, 0) is 17.9 Å². The summed E-state index contributed by atoms with van der Waals surface area (Å²) >= 11 is 0. The second kappa shape index (κ2) is 7.88. The molecule has 0 unspecified atom stereocenters. The molecule has 0 spiro atoms. The molecule has 0 bridgehead atoms. The van der Waals surface area contributed by atoms with Crippen LogP contribution in [0.1, 0.15) is 17.5 Å². The molecule has 1 fully saturated rings. The van der Waals surface area contributed by atoms with Gasteiger partial charge in [-0.1, -0.05) is 41.6 Å². The van der Waals surface area contributed by atoms with Gasteiger partial charge < -0.3 is 4.90 Å². The lowest BCUT2D eigenvalue weighted by Crippen LogP contribution is -2.37. The molecule has 2 heterocycles. The molecular weight excluding hydrogens is 338 g/mol. The number of aryl methyl sites for hydroxylation is 1. The van der Waals surface area contributed by atoms with E-state index in [9.17, 15) is 4.79 Å². The van der Waals surface area contributed by atoms with Crippen LogP contribution in [0.2, 0.25) is 0 Å². The van der Waals surface area contributed by atoms with Crippen LogP contribution in [-0.4, -0.2) is 56.9 Å². The third-order valence-corrected chi connectivity index (χ3v) is 5.30. The van der Waals surface area contributed by atoms with Crippen LogP contribution >= 0.6 is 0 Å². The Bertz CT molecular complexity index is 935. The third-order valence-electron chi connectivity index (χ3n) is 5.30. The van der Waals surface area contributed by atoms with Crippen LogP contribution in [0.15, 0.2) is 48.5 Å². The van der Waals surface area contributed by atoms with E-state index < -0.39 is 0 Å². The molecule has 1 aliphatic rings. The summed E-state index contributed by atoms with van der Waals surface area (Å²) < 4.78 is 1.70. The number of hydrogen-bond acceptors (Lipinski definition) is 4. The van der Waals surface area contributed by atoms with Crippen LogP contribution in [0.25, 0.3) is 11.0 Å². The van der Waals surface area contributed by atoms with E-state index >= 15 is 0 Å². The van der Waals surface area contributed by atoms with Crippen molar-refractivity contribution >= 4 is 16.9 Å². The lowest BCUT2D eigenvalue weighted by atomic mass is 10.1. The van der Waals surface area contributed by atoms with E-state index in [-0.39, 0.29) is 12.5 Å². The van der Waals surface area contributed by atoms with Crippen molar-refractivity contribution in [3.63, 3.8) is 0 Å². The van der Waals surface area contributed by atoms with Gasteiger partial charge in [-0.05, 0) is 36.6 Å². The van der Waals surface area contributed by atoms with Gasteiger partial charge in [-0.15, -0.1) is 5.10 Å². The Morgan fingerprint density at radius 2 is 1.81 bits per heavy atom. The molecule has 6 nitrogen and oxygen atoms in total. The van der Waals surface area contributed by atoms with Gasteiger partial charge in [-0.25, -0.2) is 4.68 Å². The van der Waals surface area contributed by atoms with Gasteiger partial charge >= 0.3 is 0 Å². The normalized spacial score (nSPS) is 15.8. The molecule has 4 rings (SSSR count). The zero-order valence-corrected chi connectivity index (χ0v) is 15.7. The molecule has 3 aromatic rings. The summed E-state index contributed by atoms with van der Waals surface area (Å²) in [6, 6.07) is 16.3. The monoisotopic (exact) mass is 363 g/mol. The largest absolute Gasteiger partial charge is 0.340 e. The molecule has 1 aromatic heterocycles. The number of amides is 1. The van der Waals surface area contributed by atoms with E-state index in [2.05, 4.69) is 46.4 Å². The third kappa shape index (κ3) is 4.01. The highest BCUT2D eigenvalue weighted by molar-refractivity contribution is 5.79. The Labute approximate surface area is 159 Å². The maximum Gasteiger partial charge on any atom is 0.244 e. The lowest BCUT2D eigenvalue weighted by molar-refractivity contribution is -0.131. The van der Waals surface area contributed by atoms with E-state index in [4.69, 9.17) is 0 Å². The molecular formula is C21H25N5O. The number of para-hydroxylation sites is 1. The number of fused-ring (bicyclic) bond motifs is 1. The molecule has 0 N–H and O–H groups in total. The molecule has 1 saturated heterocycles. The molecule has 0 atom stereocenters. The van der Waals surface area contributed by atoms with Crippen LogP contribution in [0.4, 0.5) is 0 Å². The fourth-order valence-corrected chi connectivity index (χ4v) is 3.67. The van der Waals surface area contributed by atoms with Gasteiger partial charge in [0.1, 0.15) is 12.1 Å². The molecule has 140 valence electrons. The lowest BCUT2D eigenvalue weighted by Gasteiger charge is -2.22. The highest BCUT2D eigenvalue weighted by Crippen LogP contribution is 2.14. The standard InChI is InChI=1S/C21H25N5O/c1-17-7-2-3-8-18(17)15-24-11-6-12-25(14-13-24)21(27)16-26-20-10-5-4-9-19(20)22-23-26/h2-5,7-10H,6,11-16H2,1H3. The summed E-state index contributed by atoms with van der Waals surface area (Å²) in [6.45, 7) is 6.84. The second-order valence-electron chi connectivity index (χ2n) is 7.17. The molecule has 0 aliphatic carbocycles. The first-order valence-corrected chi connectivity index (χ1v) is 9.53. The highest BCUT2D eigenvalue weighted by Gasteiger charge is 2.20. The van der Waals surface area contributed by atoms with Crippen LogP contribution in [0.5, 0.6) is 0 Å². The van der Waals surface area contributed by atoms with Crippen molar-refractivity contribution in [2.45, 2.75) is 26.4 Å². The summed E-state index contributed by atoms with van der Waals surface area (Å²) in [4.78, 5) is 17.2. The minimum atomic E-state index is 0.114. The quantitative estimate of drug-likeness (QED) is 0.715. The van der Waals surface area contributed by atoms with Crippen LogP contribution in [0.3, 0.4) is 0 Å². The van der Waals surface area contributed by atoms with E-state index in [1.807, 2.05) is 29.2 Å². The Kier molecular flexibility index (Phi) is 5.16. The summed E-state index contributed by atoms with van der Waals surface area (Å²) in [5.74, 6) is 0.114. The van der Waals surface area contributed by atoms with Crippen molar-refractivity contribution in [2.24, 2.45) is 0 Å². The smallest absolute Gasteiger partial charge is 0.244 e. The van der Waals surface area contributed by atoms with Gasteiger partial charge in [0.2, 0.25) is 5.91 Å². The minimum Gasteiger partial charge on any atom is -0.340 e. The van der Waals surface area contributed by atoms with Gasteiger partial charge in [0, 0.05) is 32.7 Å². The molecule has 6 heteroatoms. The summed E-state index contributed by atoms with van der Waals surface area (Å²) in [5.41, 5.74) is 4.42. The van der Waals surface area contributed by atoms with Crippen LogP contribution in [0, 0.1) is 6.92 Å². The van der Waals surface area contributed by atoms with Gasteiger partial charge in [-0.3, -0.25) is 9.69 Å². The van der Waals surface area contributed by atoms with Gasteiger partial charge in [0.25, 0.3) is 0 Å². The van der Waals surface area contributed by atoms with Gasteiger partial charge in [-0.2, -0.15) is 0 Å². The average molecular weight is 363 g/mol. The van der Waals surface area contributed by atoms with E-state index in [0.717, 1.165) is 50.2 Å². The highest BCUT2D eigenvalue weighted by atomic mass is 16.2. The summed E-state index contributed by atoms with van der Waals surface area (Å²) in [5, 5.41) is 8.28. The predicted octanol–water partition coefficient (Wildman–Crippen LogP) is 2.47. The van der Waals surface area contributed by atoms with Gasteiger partial charge in [0.05, 0.1) is 5.52 Å². The molecule has 0 radical (unpaired) electrons. The first-order chi connectivity index (χ1) is 13.2. The zero-order valence-electron chi connectivity index (χ0n) is 15.7. The topological polar surface area (TPSA) is 54.3 Å². The van der Waals surface area contributed by atoms with Crippen molar-refractivity contribution in [1.29, 1.82) is 0 Å². The number of hydrogen-bond donors (Lipinski definition) is 0. The molecule has 27 heavy (non-hydrogen) atoms. The van der Waals surface area contributed by atoms with Crippen molar-refractivity contribution in [3.8, 4) is 0 Å². The predicted molar refractivity (Wildman–Crippen MR) is 105 cm³/mol. The van der Waals surface area contributed by atoms with Gasteiger partial charge in [0.15, 0.2) is 0 Å². The Morgan fingerprint density at radius 1 is 1.00 bits per heavy atom. The Balaban J connectivity index is 1.37. The average Bonchev–Trinajstić information content (AvgIpc) is 2.93. The number of rotatable bonds is 4. The van der Waals surface area contributed by atoms with E-state index in [1.165, 1.54) is 11.1 Å². The first-order valence-electron chi connectivity index (χ1n) is 9.53. The van der Waals surface area contributed by atoms with Crippen molar-refractivity contribution in [3.05, 3.63) is 59.7 Å². The van der Waals surface area contributed by atoms with E-state index in [0.29, 0.717) is 0 Å². The maximum absolute atomic E-state index is 12.8. The molecule has 2 aromatic carbocycles. The maximum atomic E-state index is 12.8. The zero-order chi connectivity index (χ0) is 18.6. The number of carbonyl (C=O) groups excluding carboxylic acids is 1. The summed E-state index contributed by atoms with van der Waals surface area (Å²) in [6.07, 6.45) is 0.996. The first kappa shape index (κ1) is 17.7. The Morgan fingerprint density at radius 3 is 2.70 bits per heavy atom. The van der Waals surface area contributed by atoms with Crippen molar-refractivity contribution in [2.75, 3.05) is 26.2 Å². The minimum absolute atomic E-state index is 0.114. The number of benzene rings is 2. The second-order valence-corrected chi connectivity index (χ2v) is 7.17. The fraction of sp³-hybridized carbons (Fsp3) is 0.381. The van der Waals surface area contributed by atoms with Crippen LogP contribution < -0.4 is 0 Å². The van der Waals surface area contributed by atoms with Crippen molar-refractivity contribution in [1.82, 2.24) is 24.8 Å². The fourth-order valence-electron chi connectivity index (χ4n) is 3.67. The molecule has 1 amide bonds. The summed E-state index contributed by atoms with van der Waals surface area (Å²) in [7, 11) is 0. The van der Waals surface area contributed by atoms with Crippen molar-refractivity contribution < 1.29 is 4.79 Å². The number of aromatic nitrogens is 3. The number of carbonyl (C=O) groups is 1. The van der Waals surface area contributed by atoms with E-state index in [1.54, 1.807) is 4.68 Å².